The lowest BCUT2D eigenvalue weighted by Crippen LogP contribution is -2.44. The predicted molar refractivity (Wildman–Crippen MR) is 120 cm³/mol. The first kappa shape index (κ1) is 19.4. The molecule has 2 amide bonds. The fourth-order valence-electron chi connectivity index (χ4n) is 3.10. The Labute approximate surface area is 176 Å². The Morgan fingerprint density at radius 3 is 2.57 bits per heavy atom. The molecule has 30 heavy (non-hydrogen) atoms. The maximum absolute atomic E-state index is 13.1. The van der Waals surface area contributed by atoms with Crippen LogP contribution in [0.1, 0.15) is 24.6 Å². The van der Waals surface area contributed by atoms with E-state index in [4.69, 9.17) is 12.8 Å². The van der Waals surface area contributed by atoms with Crippen molar-refractivity contribution in [2.24, 2.45) is 16.5 Å². The second kappa shape index (κ2) is 10.1. The van der Waals surface area contributed by atoms with Crippen LogP contribution in [0.25, 0.3) is 10.8 Å². The van der Waals surface area contributed by atoms with Crippen LogP contribution in [-0.2, 0) is 4.79 Å². The fraction of sp³-hybridized carbons (Fsp3) is 0.174. The molecule has 0 aliphatic heterocycles. The number of carbonyl (C=O) groups excluding carboxylic acids is 2. The second-order valence-corrected chi connectivity index (χ2v) is 6.77. The summed E-state index contributed by atoms with van der Waals surface area (Å²) >= 11 is 0. The highest BCUT2D eigenvalue weighted by molar-refractivity contribution is 6.05. The van der Waals surface area contributed by atoms with E-state index in [1.54, 1.807) is 18.2 Å². The van der Waals surface area contributed by atoms with Crippen molar-refractivity contribution in [3.05, 3.63) is 78.3 Å². The number of amides is 2. The van der Waals surface area contributed by atoms with Crippen molar-refractivity contribution >= 4 is 34.2 Å². The minimum atomic E-state index is -0.819. The van der Waals surface area contributed by atoms with E-state index in [9.17, 15) is 9.59 Å². The molecule has 154 valence electrons. The second-order valence-electron chi connectivity index (χ2n) is 6.77. The van der Waals surface area contributed by atoms with Crippen molar-refractivity contribution in [1.82, 2.24) is 5.32 Å². The van der Waals surface area contributed by atoms with Crippen LogP contribution in [0.4, 0.5) is 5.69 Å². The van der Waals surface area contributed by atoms with E-state index in [0.29, 0.717) is 25.1 Å². The van der Waals surface area contributed by atoms with Crippen LogP contribution in [0.2, 0.25) is 0 Å². The Morgan fingerprint density at radius 1 is 1.00 bits per heavy atom. The van der Waals surface area contributed by atoms with Crippen molar-refractivity contribution in [1.29, 1.82) is 0 Å². The smallest absolute Gasteiger partial charge is 0.251 e. The molecule has 0 saturated heterocycles. The summed E-state index contributed by atoms with van der Waals surface area (Å²) in [5.74, 6) is -0.855. The Hall–Kier alpha value is -3.87. The van der Waals surface area contributed by atoms with Gasteiger partial charge in [-0.25, -0.2) is 0 Å². The summed E-state index contributed by atoms with van der Waals surface area (Å²) in [5.41, 5.74) is 11.6. The van der Waals surface area contributed by atoms with Crippen molar-refractivity contribution in [3.63, 3.8) is 0 Å². The van der Waals surface area contributed by atoms with Gasteiger partial charge in [0, 0.05) is 23.2 Å². The van der Waals surface area contributed by atoms with Gasteiger partial charge >= 0.3 is 0 Å². The molecule has 3 rings (SSSR count). The number of nitrogens with two attached hydrogens (primary N) is 2. The van der Waals surface area contributed by atoms with Gasteiger partial charge in [-0.2, -0.15) is 0 Å². The van der Waals surface area contributed by atoms with E-state index in [-0.39, 0.29) is 23.5 Å². The summed E-state index contributed by atoms with van der Waals surface area (Å²) < 4.78 is 7.93. The first-order chi connectivity index (χ1) is 15.0. The van der Waals surface area contributed by atoms with Gasteiger partial charge in [-0.3, -0.25) is 14.6 Å². The number of anilines is 1. The summed E-state index contributed by atoms with van der Waals surface area (Å²) in [7, 11) is 0. The molecule has 0 fully saturated rings. The summed E-state index contributed by atoms with van der Waals surface area (Å²) in [4.78, 5) is 29.7. The van der Waals surface area contributed by atoms with Crippen LogP contribution in [0, 0.1) is 0 Å². The minimum absolute atomic E-state index is 0.0241. The van der Waals surface area contributed by atoms with Gasteiger partial charge < -0.3 is 22.1 Å². The number of benzene rings is 3. The number of rotatable bonds is 8. The Bertz CT molecular complexity index is 1110. The van der Waals surface area contributed by atoms with Crippen molar-refractivity contribution in [3.8, 4) is 0 Å². The number of nitrogens with one attached hydrogen (secondary N) is 2. The van der Waals surface area contributed by atoms with E-state index in [1.165, 1.54) is 6.07 Å². The molecule has 0 unspecified atom stereocenters. The molecule has 7 heteroatoms. The van der Waals surface area contributed by atoms with E-state index in [1.807, 2.05) is 42.5 Å². The highest BCUT2D eigenvalue weighted by Crippen LogP contribution is 2.23. The molecule has 0 saturated carbocycles. The van der Waals surface area contributed by atoms with E-state index >= 15 is 0 Å². The maximum Gasteiger partial charge on any atom is 0.251 e. The lowest BCUT2D eigenvalue weighted by Gasteiger charge is -2.19. The maximum atomic E-state index is 13.1. The Kier molecular flexibility index (Phi) is 6.52. The normalized spacial score (nSPS) is 11.9. The number of hydrogen-bond acceptors (Lipinski definition) is 3. The van der Waals surface area contributed by atoms with Crippen LogP contribution in [0.5, 0.6) is 0 Å². The molecule has 0 spiro atoms. The molecular weight excluding hydrogens is 378 g/mol. The number of fused-ring (bicyclic) bond motifs is 1. The molecule has 0 radical (unpaired) electrons. The average molecular weight is 404 g/mol. The lowest BCUT2D eigenvalue weighted by atomic mass is 10.1. The minimum Gasteiger partial charge on any atom is -0.370 e. The first-order valence-electron chi connectivity index (χ1n) is 10.2. The summed E-state index contributed by atoms with van der Waals surface area (Å²) in [6, 6.07) is 19.1. The van der Waals surface area contributed by atoms with E-state index in [2.05, 4.69) is 15.6 Å². The van der Waals surface area contributed by atoms with Crippen LogP contribution < -0.4 is 22.1 Å². The lowest BCUT2D eigenvalue weighted by molar-refractivity contribution is -0.118. The van der Waals surface area contributed by atoms with Crippen LogP contribution in [0.3, 0.4) is 0 Å². The molecule has 7 nitrogen and oxygen atoms in total. The quantitative estimate of drug-likeness (QED) is 0.262. The Morgan fingerprint density at radius 2 is 1.77 bits per heavy atom. The topological polar surface area (TPSA) is 123 Å². The van der Waals surface area contributed by atoms with Gasteiger partial charge in [0.25, 0.3) is 5.91 Å². The largest absolute Gasteiger partial charge is 0.370 e. The zero-order valence-electron chi connectivity index (χ0n) is 17.5. The number of hydrogen-bond donors (Lipinski definition) is 4. The standard InChI is InChI=1S/C23H25N5O2/c24-23(25)26-15-7-14-20(28-21(29)17-9-2-1-3-10-17)22(30)27-19-13-6-11-16-8-4-5-12-18(16)19/h1-6,8-13,20H,7,14-15H2,(H,27,30)(H,28,29)(H4,24,25,26)/t20-/m0/s1/i9D. The van der Waals surface area contributed by atoms with Gasteiger partial charge in [0.1, 0.15) is 6.04 Å². The van der Waals surface area contributed by atoms with Crippen LogP contribution in [0.15, 0.2) is 77.8 Å². The Balaban J connectivity index is 1.79. The molecule has 0 heterocycles. The third kappa shape index (κ3) is 5.57. The third-order valence-electron chi connectivity index (χ3n) is 4.57. The van der Waals surface area contributed by atoms with Crippen LogP contribution >= 0.6 is 0 Å². The van der Waals surface area contributed by atoms with Crippen molar-refractivity contribution in [2.75, 3.05) is 11.9 Å². The van der Waals surface area contributed by atoms with E-state index < -0.39 is 11.9 Å². The highest BCUT2D eigenvalue weighted by Gasteiger charge is 2.21. The van der Waals surface area contributed by atoms with Gasteiger partial charge in [0.15, 0.2) is 5.96 Å². The van der Waals surface area contributed by atoms with Crippen molar-refractivity contribution < 1.29 is 11.0 Å². The molecule has 0 aliphatic rings. The molecule has 3 aromatic rings. The van der Waals surface area contributed by atoms with E-state index in [0.717, 1.165) is 10.8 Å². The fourth-order valence-corrected chi connectivity index (χ4v) is 3.10. The molecule has 0 aromatic heterocycles. The predicted octanol–water partition coefficient (Wildman–Crippen LogP) is 2.63. The summed E-state index contributed by atoms with van der Waals surface area (Å²) in [5, 5.41) is 7.57. The number of guanidine groups is 1. The first-order valence-corrected chi connectivity index (χ1v) is 9.66. The SMILES string of the molecule is [2H]c1ccccc1C(=O)N[C@@H](CCCN=C(N)N)C(=O)Nc1cccc2ccccc12. The number of nitrogens with zero attached hydrogens (tertiary/aromatic N) is 1. The van der Waals surface area contributed by atoms with Crippen molar-refractivity contribution in [2.45, 2.75) is 18.9 Å². The monoisotopic (exact) mass is 404 g/mol. The molecule has 0 aliphatic carbocycles. The van der Waals surface area contributed by atoms with Gasteiger partial charge in [0.2, 0.25) is 5.91 Å². The highest BCUT2D eigenvalue weighted by atomic mass is 16.2. The summed E-state index contributed by atoms with van der Waals surface area (Å²) in [6.45, 7) is 0.339. The molecule has 1 atom stereocenters. The third-order valence-corrected chi connectivity index (χ3v) is 4.57. The molecule has 0 bridgehead atoms. The number of carbonyl (C=O) groups is 2. The van der Waals surface area contributed by atoms with Crippen LogP contribution in [-0.4, -0.2) is 30.4 Å². The van der Waals surface area contributed by atoms with Gasteiger partial charge in [-0.15, -0.1) is 0 Å². The molecule has 3 aromatic carbocycles. The summed E-state index contributed by atoms with van der Waals surface area (Å²) in [6.07, 6.45) is 0.827. The molecule has 6 N–H and O–H groups in total. The number of aliphatic imine (C=N–C) groups is 1. The van der Waals surface area contributed by atoms with Gasteiger partial charge in [0.05, 0.1) is 1.37 Å². The zero-order chi connectivity index (χ0) is 22.2. The zero-order valence-corrected chi connectivity index (χ0v) is 16.5. The van der Waals surface area contributed by atoms with Gasteiger partial charge in [-0.1, -0.05) is 54.6 Å². The molecular formula is C23H25N5O2. The average Bonchev–Trinajstić information content (AvgIpc) is 2.76. The van der Waals surface area contributed by atoms with Gasteiger partial charge in [-0.05, 0) is 36.4 Å².